The van der Waals surface area contributed by atoms with E-state index in [1.165, 1.54) is 11.1 Å². The molecular weight excluding hydrogens is 260 g/mol. The van der Waals surface area contributed by atoms with Gasteiger partial charge in [0.25, 0.3) is 0 Å². The molecule has 0 bridgehead atoms. The first-order valence-electron chi connectivity index (χ1n) is 7.23. The first-order chi connectivity index (χ1) is 10.1. The number of hydrogen-bond acceptors (Lipinski definition) is 2. The zero-order valence-electron chi connectivity index (χ0n) is 12.8. The Bertz CT molecular complexity index is 576. The molecule has 2 aromatic carbocycles. The van der Waals surface area contributed by atoms with Crippen LogP contribution in [0.15, 0.2) is 54.6 Å². The summed E-state index contributed by atoms with van der Waals surface area (Å²) in [4.78, 5) is 13.7. The van der Waals surface area contributed by atoms with Crippen molar-refractivity contribution < 1.29 is 4.79 Å². The van der Waals surface area contributed by atoms with Crippen molar-refractivity contribution in [3.05, 3.63) is 54.6 Å². The zero-order valence-corrected chi connectivity index (χ0v) is 12.8. The molecule has 3 heteroatoms. The molecule has 0 aliphatic heterocycles. The molecule has 0 aliphatic rings. The Morgan fingerprint density at radius 2 is 1.57 bits per heavy atom. The summed E-state index contributed by atoms with van der Waals surface area (Å²) in [6, 6.07) is 18.6. The van der Waals surface area contributed by atoms with Gasteiger partial charge in [0.15, 0.2) is 0 Å². The van der Waals surface area contributed by atoms with E-state index in [0.29, 0.717) is 6.54 Å². The molecule has 0 spiro atoms. The lowest BCUT2D eigenvalue weighted by atomic mass is 10.1. The number of nitrogens with one attached hydrogen (secondary N) is 1. The Morgan fingerprint density at radius 1 is 1.00 bits per heavy atom. The topological polar surface area (TPSA) is 32.3 Å². The summed E-state index contributed by atoms with van der Waals surface area (Å²) in [5, 5.41) is 3.17. The highest BCUT2D eigenvalue weighted by Crippen LogP contribution is 2.20. The van der Waals surface area contributed by atoms with Crippen molar-refractivity contribution in [3.8, 4) is 11.1 Å². The molecule has 0 radical (unpaired) electrons. The third-order valence-corrected chi connectivity index (χ3v) is 3.60. The van der Waals surface area contributed by atoms with Gasteiger partial charge in [0.05, 0.1) is 6.54 Å². The Labute approximate surface area is 126 Å². The van der Waals surface area contributed by atoms with Crippen molar-refractivity contribution in [2.24, 2.45) is 0 Å². The van der Waals surface area contributed by atoms with E-state index in [1.807, 2.05) is 51.2 Å². The van der Waals surface area contributed by atoms with E-state index in [0.717, 1.165) is 5.69 Å². The SMILES string of the molecule is CC(C)N(C)C(=O)CNc1ccc(-c2ccccc2)cc1. The van der Waals surface area contributed by atoms with Crippen molar-refractivity contribution >= 4 is 11.6 Å². The Balaban J connectivity index is 1.96. The van der Waals surface area contributed by atoms with Crippen molar-refractivity contribution in [2.45, 2.75) is 19.9 Å². The molecule has 0 aromatic heterocycles. The number of benzene rings is 2. The van der Waals surface area contributed by atoms with Gasteiger partial charge in [-0.2, -0.15) is 0 Å². The lowest BCUT2D eigenvalue weighted by Gasteiger charge is -2.21. The third kappa shape index (κ3) is 4.09. The van der Waals surface area contributed by atoms with Gasteiger partial charge < -0.3 is 10.2 Å². The maximum absolute atomic E-state index is 11.9. The highest BCUT2D eigenvalue weighted by Gasteiger charge is 2.11. The van der Waals surface area contributed by atoms with E-state index in [4.69, 9.17) is 0 Å². The van der Waals surface area contributed by atoms with Gasteiger partial charge in [0.1, 0.15) is 0 Å². The molecule has 0 fully saturated rings. The fraction of sp³-hybridized carbons (Fsp3) is 0.278. The fourth-order valence-corrected chi connectivity index (χ4v) is 2.00. The summed E-state index contributed by atoms with van der Waals surface area (Å²) in [5.41, 5.74) is 3.33. The maximum Gasteiger partial charge on any atom is 0.241 e. The Hall–Kier alpha value is -2.29. The second kappa shape index (κ2) is 6.93. The predicted octanol–water partition coefficient (Wildman–Crippen LogP) is 3.63. The van der Waals surface area contributed by atoms with Crippen LogP contribution < -0.4 is 5.32 Å². The minimum absolute atomic E-state index is 0.0946. The third-order valence-electron chi connectivity index (χ3n) is 3.60. The van der Waals surface area contributed by atoms with Gasteiger partial charge in [-0.25, -0.2) is 0 Å². The lowest BCUT2D eigenvalue weighted by molar-refractivity contribution is -0.129. The second-order valence-corrected chi connectivity index (χ2v) is 5.40. The quantitative estimate of drug-likeness (QED) is 0.908. The van der Waals surface area contributed by atoms with Gasteiger partial charge in [0.2, 0.25) is 5.91 Å². The number of rotatable bonds is 5. The molecule has 110 valence electrons. The minimum Gasteiger partial charge on any atom is -0.376 e. The highest BCUT2D eigenvalue weighted by molar-refractivity contribution is 5.81. The van der Waals surface area contributed by atoms with Crippen LogP contribution in [0.5, 0.6) is 0 Å². The monoisotopic (exact) mass is 282 g/mol. The molecule has 1 amide bonds. The van der Waals surface area contributed by atoms with Gasteiger partial charge in [-0.15, -0.1) is 0 Å². The molecule has 0 saturated heterocycles. The molecule has 21 heavy (non-hydrogen) atoms. The number of carbonyl (C=O) groups is 1. The van der Waals surface area contributed by atoms with Crippen LogP contribution in [-0.4, -0.2) is 30.4 Å². The number of anilines is 1. The number of amides is 1. The molecule has 1 N–H and O–H groups in total. The van der Waals surface area contributed by atoms with Gasteiger partial charge >= 0.3 is 0 Å². The van der Waals surface area contributed by atoms with E-state index < -0.39 is 0 Å². The molecule has 0 aliphatic carbocycles. The largest absolute Gasteiger partial charge is 0.376 e. The molecule has 0 unspecified atom stereocenters. The predicted molar refractivity (Wildman–Crippen MR) is 88.3 cm³/mol. The minimum atomic E-state index is 0.0946. The van der Waals surface area contributed by atoms with Crippen molar-refractivity contribution in [1.82, 2.24) is 4.90 Å². The zero-order chi connectivity index (χ0) is 15.2. The average molecular weight is 282 g/mol. The highest BCUT2D eigenvalue weighted by atomic mass is 16.2. The maximum atomic E-state index is 11.9. The molecule has 0 heterocycles. The molecule has 3 nitrogen and oxygen atoms in total. The molecule has 0 saturated carbocycles. The van der Waals surface area contributed by atoms with Gasteiger partial charge in [-0.05, 0) is 37.1 Å². The normalized spacial score (nSPS) is 10.5. The van der Waals surface area contributed by atoms with Crippen LogP contribution in [0, 0.1) is 0 Å². The van der Waals surface area contributed by atoms with Crippen LogP contribution in [0.4, 0.5) is 5.69 Å². The smallest absolute Gasteiger partial charge is 0.241 e. The number of carbonyl (C=O) groups excluding carboxylic acids is 1. The molecule has 0 atom stereocenters. The summed E-state index contributed by atoms with van der Waals surface area (Å²) in [6.07, 6.45) is 0. The average Bonchev–Trinajstić information content (AvgIpc) is 2.53. The Morgan fingerprint density at radius 3 is 2.14 bits per heavy atom. The first kappa shape index (κ1) is 15.1. The summed E-state index contributed by atoms with van der Waals surface area (Å²) in [7, 11) is 1.83. The molecule has 2 rings (SSSR count). The molecular formula is C18H22N2O. The van der Waals surface area contributed by atoms with Crippen LogP contribution >= 0.6 is 0 Å². The van der Waals surface area contributed by atoms with E-state index in [2.05, 4.69) is 29.6 Å². The number of hydrogen-bond donors (Lipinski definition) is 1. The van der Waals surface area contributed by atoms with Crippen LogP contribution in [0.25, 0.3) is 11.1 Å². The summed E-state index contributed by atoms with van der Waals surface area (Å²) in [6.45, 7) is 4.33. The van der Waals surface area contributed by atoms with Gasteiger partial charge in [0, 0.05) is 18.8 Å². The number of likely N-dealkylation sites (N-methyl/N-ethyl adjacent to an activating group) is 1. The van der Waals surface area contributed by atoms with Gasteiger partial charge in [-0.1, -0.05) is 42.5 Å². The van der Waals surface area contributed by atoms with Crippen LogP contribution in [0.2, 0.25) is 0 Å². The van der Waals surface area contributed by atoms with E-state index in [9.17, 15) is 4.79 Å². The Kier molecular flexibility index (Phi) is 4.99. The van der Waals surface area contributed by atoms with E-state index in [1.54, 1.807) is 4.90 Å². The van der Waals surface area contributed by atoms with E-state index in [-0.39, 0.29) is 11.9 Å². The fourth-order valence-electron chi connectivity index (χ4n) is 2.00. The molecule has 2 aromatic rings. The van der Waals surface area contributed by atoms with Crippen molar-refractivity contribution in [1.29, 1.82) is 0 Å². The van der Waals surface area contributed by atoms with Crippen LogP contribution in [-0.2, 0) is 4.79 Å². The number of nitrogens with zero attached hydrogens (tertiary/aromatic N) is 1. The summed E-state index contributed by atoms with van der Waals surface area (Å²) >= 11 is 0. The summed E-state index contributed by atoms with van der Waals surface area (Å²) < 4.78 is 0. The van der Waals surface area contributed by atoms with Crippen molar-refractivity contribution in [2.75, 3.05) is 18.9 Å². The van der Waals surface area contributed by atoms with Gasteiger partial charge in [-0.3, -0.25) is 4.79 Å². The summed E-state index contributed by atoms with van der Waals surface area (Å²) in [5.74, 6) is 0.0946. The first-order valence-corrected chi connectivity index (χ1v) is 7.23. The van der Waals surface area contributed by atoms with Crippen LogP contribution in [0.1, 0.15) is 13.8 Å². The lowest BCUT2D eigenvalue weighted by Crippen LogP contribution is -2.37. The standard InChI is InChI=1S/C18H22N2O/c1-14(2)20(3)18(21)13-19-17-11-9-16(10-12-17)15-7-5-4-6-8-15/h4-12,14,19H,13H2,1-3H3. The second-order valence-electron chi connectivity index (χ2n) is 5.40. The van der Waals surface area contributed by atoms with Crippen LogP contribution in [0.3, 0.4) is 0 Å². The van der Waals surface area contributed by atoms with E-state index >= 15 is 0 Å². The van der Waals surface area contributed by atoms with Crippen molar-refractivity contribution in [3.63, 3.8) is 0 Å².